The molecule has 1 aromatic rings. The molecule has 9 heteroatoms. The standard InChI is InChI=1S/C12H17N3O5S/c1-6-10(12(17)18)14-7(2)11(6)21(19,20)13-5-8-3-4-9(16)15-8/h8,13-14H,3-5H2,1-2H3,(H,15,16)(H,17,18). The molecule has 0 saturated carbocycles. The van der Waals surface area contributed by atoms with Crippen LogP contribution in [-0.2, 0) is 14.8 Å². The summed E-state index contributed by atoms with van der Waals surface area (Å²) in [6, 6.07) is -0.231. The van der Waals surface area contributed by atoms with Crippen LogP contribution in [0, 0.1) is 13.8 Å². The second-order valence-corrected chi connectivity index (χ2v) is 6.74. The van der Waals surface area contributed by atoms with Crippen molar-refractivity contribution in [3.05, 3.63) is 17.0 Å². The number of nitrogens with one attached hydrogen (secondary N) is 3. The molecule has 2 heterocycles. The summed E-state index contributed by atoms with van der Waals surface area (Å²) in [6.45, 7) is 3.03. The molecule has 116 valence electrons. The van der Waals surface area contributed by atoms with Crippen LogP contribution < -0.4 is 10.0 Å². The van der Waals surface area contributed by atoms with E-state index in [1.165, 1.54) is 13.8 Å². The number of hydrogen-bond acceptors (Lipinski definition) is 4. The summed E-state index contributed by atoms with van der Waals surface area (Å²) < 4.78 is 27.0. The molecule has 0 aromatic carbocycles. The zero-order valence-corrected chi connectivity index (χ0v) is 12.5. The number of aromatic carboxylic acids is 1. The number of rotatable bonds is 5. The van der Waals surface area contributed by atoms with Crippen LogP contribution in [-0.4, -0.2) is 43.0 Å². The Morgan fingerprint density at radius 1 is 1.43 bits per heavy atom. The van der Waals surface area contributed by atoms with Gasteiger partial charge in [0.05, 0.1) is 0 Å². The Kier molecular flexibility index (Phi) is 4.06. The topological polar surface area (TPSA) is 128 Å². The number of aromatic nitrogens is 1. The van der Waals surface area contributed by atoms with Crippen LogP contribution in [0.5, 0.6) is 0 Å². The van der Waals surface area contributed by atoms with Crippen molar-refractivity contribution in [3.8, 4) is 0 Å². The maximum atomic E-state index is 12.3. The molecule has 1 unspecified atom stereocenters. The number of carboxylic acid groups (broad SMARTS) is 1. The molecule has 1 fully saturated rings. The zero-order chi connectivity index (χ0) is 15.8. The second-order valence-electron chi connectivity index (χ2n) is 5.04. The van der Waals surface area contributed by atoms with Gasteiger partial charge in [-0.3, -0.25) is 4.79 Å². The predicted octanol–water partition coefficient (Wildman–Crippen LogP) is -0.113. The zero-order valence-electron chi connectivity index (χ0n) is 11.7. The Labute approximate surface area is 122 Å². The predicted molar refractivity (Wildman–Crippen MR) is 73.6 cm³/mol. The summed E-state index contributed by atoms with van der Waals surface area (Å²) in [5, 5.41) is 11.7. The van der Waals surface area contributed by atoms with Gasteiger partial charge in [-0.2, -0.15) is 0 Å². The fourth-order valence-corrected chi connectivity index (χ4v) is 3.99. The van der Waals surface area contributed by atoms with E-state index in [1.807, 2.05) is 0 Å². The fraction of sp³-hybridized carbons (Fsp3) is 0.500. The lowest BCUT2D eigenvalue weighted by molar-refractivity contribution is -0.119. The van der Waals surface area contributed by atoms with Crippen LogP contribution >= 0.6 is 0 Å². The average molecular weight is 315 g/mol. The Balaban J connectivity index is 2.20. The first-order valence-electron chi connectivity index (χ1n) is 6.44. The van der Waals surface area contributed by atoms with Crippen molar-refractivity contribution < 1.29 is 23.1 Å². The number of aromatic amines is 1. The van der Waals surface area contributed by atoms with E-state index in [9.17, 15) is 18.0 Å². The molecule has 1 aliphatic rings. The van der Waals surface area contributed by atoms with E-state index in [4.69, 9.17) is 5.11 Å². The van der Waals surface area contributed by atoms with E-state index in [2.05, 4.69) is 15.0 Å². The molecule has 1 amide bonds. The SMILES string of the molecule is Cc1[nH]c(C(=O)O)c(C)c1S(=O)(=O)NCC1CCC(=O)N1. The van der Waals surface area contributed by atoms with E-state index in [0.29, 0.717) is 12.8 Å². The third-order valence-corrected chi connectivity index (χ3v) is 5.15. The van der Waals surface area contributed by atoms with Crippen LogP contribution in [0.3, 0.4) is 0 Å². The highest BCUT2D eigenvalue weighted by atomic mass is 32.2. The summed E-state index contributed by atoms with van der Waals surface area (Å²) in [4.78, 5) is 24.6. The van der Waals surface area contributed by atoms with E-state index >= 15 is 0 Å². The minimum atomic E-state index is -3.84. The van der Waals surface area contributed by atoms with Gasteiger partial charge < -0.3 is 15.4 Å². The third-order valence-electron chi connectivity index (χ3n) is 3.46. The molecular weight excluding hydrogens is 298 g/mol. The molecule has 1 atom stereocenters. The number of H-pyrrole nitrogens is 1. The Hall–Kier alpha value is -1.87. The first-order valence-corrected chi connectivity index (χ1v) is 7.92. The second kappa shape index (κ2) is 5.49. The van der Waals surface area contributed by atoms with Crippen LogP contribution in [0.25, 0.3) is 0 Å². The van der Waals surface area contributed by atoms with Crippen molar-refractivity contribution in [3.63, 3.8) is 0 Å². The Morgan fingerprint density at radius 2 is 2.10 bits per heavy atom. The highest BCUT2D eigenvalue weighted by Gasteiger charge is 2.28. The molecule has 0 radical (unpaired) electrons. The number of sulfonamides is 1. The van der Waals surface area contributed by atoms with Crippen molar-refractivity contribution in [2.24, 2.45) is 0 Å². The summed E-state index contributed by atoms with van der Waals surface area (Å²) in [5.41, 5.74) is 0.304. The fourth-order valence-electron chi connectivity index (χ4n) is 2.46. The van der Waals surface area contributed by atoms with Gasteiger partial charge in [0.25, 0.3) is 0 Å². The quantitative estimate of drug-likeness (QED) is 0.602. The average Bonchev–Trinajstić information content (AvgIpc) is 2.91. The molecule has 1 aliphatic heterocycles. The minimum Gasteiger partial charge on any atom is -0.477 e. The number of carboxylic acids is 1. The summed E-state index contributed by atoms with van der Waals surface area (Å²) >= 11 is 0. The van der Waals surface area contributed by atoms with Crippen LogP contribution in [0.15, 0.2) is 4.90 Å². The monoisotopic (exact) mass is 315 g/mol. The molecule has 2 rings (SSSR count). The molecule has 4 N–H and O–H groups in total. The molecule has 1 saturated heterocycles. The summed E-state index contributed by atoms with van der Waals surface area (Å²) in [5.74, 6) is -1.30. The molecule has 1 aromatic heterocycles. The van der Waals surface area contributed by atoms with Crippen LogP contribution in [0.2, 0.25) is 0 Å². The van der Waals surface area contributed by atoms with Crippen LogP contribution in [0.4, 0.5) is 0 Å². The maximum absolute atomic E-state index is 12.3. The van der Waals surface area contributed by atoms with Gasteiger partial charge >= 0.3 is 5.97 Å². The van der Waals surface area contributed by atoms with Crippen molar-refractivity contribution in [2.45, 2.75) is 37.6 Å². The maximum Gasteiger partial charge on any atom is 0.352 e. The number of carbonyl (C=O) groups excluding carboxylic acids is 1. The lowest BCUT2D eigenvalue weighted by atomic mass is 10.2. The third kappa shape index (κ3) is 3.08. The molecular formula is C12H17N3O5S. The number of aryl methyl sites for hydroxylation is 1. The normalized spacial score (nSPS) is 18.8. The molecule has 0 bridgehead atoms. The lowest BCUT2D eigenvalue weighted by Crippen LogP contribution is -2.38. The van der Waals surface area contributed by atoms with Gasteiger partial charge in [-0.15, -0.1) is 0 Å². The summed E-state index contributed by atoms with van der Waals surface area (Å²) in [7, 11) is -3.84. The Morgan fingerprint density at radius 3 is 2.57 bits per heavy atom. The van der Waals surface area contributed by atoms with Gasteiger partial charge in [-0.05, 0) is 20.3 Å². The Bertz CT molecular complexity index is 692. The highest BCUT2D eigenvalue weighted by molar-refractivity contribution is 7.89. The number of carbonyl (C=O) groups is 2. The van der Waals surface area contributed by atoms with Gasteiger partial charge in [0, 0.05) is 30.3 Å². The van der Waals surface area contributed by atoms with Crippen molar-refractivity contribution in [1.29, 1.82) is 0 Å². The minimum absolute atomic E-state index is 0.0516. The number of hydrogen-bond donors (Lipinski definition) is 4. The van der Waals surface area contributed by atoms with Gasteiger partial charge in [0.15, 0.2) is 0 Å². The molecule has 21 heavy (non-hydrogen) atoms. The van der Waals surface area contributed by atoms with E-state index in [-0.39, 0.29) is 40.3 Å². The van der Waals surface area contributed by atoms with Gasteiger partial charge in [0.2, 0.25) is 15.9 Å². The first-order chi connectivity index (χ1) is 9.72. The summed E-state index contributed by atoms with van der Waals surface area (Å²) in [6.07, 6.45) is 0.963. The first kappa shape index (κ1) is 15.5. The molecule has 8 nitrogen and oxygen atoms in total. The van der Waals surface area contributed by atoms with E-state index in [1.54, 1.807) is 0 Å². The van der Waals surface area contributed by atoms with Crippen molar-refractivity contribution >= 4 is 21.9 Å². The largest absolute Gasteiger partial charge is 0.477 e. The van der Waals surface area contributed by atoms with Gasteiger partial charge in [-0.1, -0.05) is 0 Å². The molecule has 0 aliphatic carbocycles. The number of amides is 1. The van der Waals surface area contributed by atoms with E-state index < -0.39 is 16.0 Å². The van der Waals surface area contributed by atoms with Gasteiger partial charge in [-0.25, -0.2) is 17.9 Å². The van der Waals surface area contributed by atoms with E-state index in [0.717, 1.165) is 0 Å². The highest BCUT2D eigenvalue weighted by Crippen LogP contribution is 2.23. The van der Waals surface area contributed by atoms with Gasteiger partial charge in [0.1, 0.15) is 10.6 Å². The van der Waals surface area contributed by atoms with Crippen molar-refractivity contribution in [2.75, 3.05) is 6.54 Å². The van der Waals surface area contributed by atoms with Crippen molar-refractivity contribution in [1.82, 2.24) is 15.0 Å². The van der Waals surface area contributed by atoms with Crippen LogP contribution in [0.1, 0.15) is 34.6 Å². The molecule has 0 spiro atoms. The smallest absolute Gasteiger partial charge is 0.352 e. The lowest BCUT2D eigenvalue weighted by Gasteiger charge is -2.12.